The van der Waals surface area contributed by atoms with Crippen LogP contribution in [0.5, 0.6) is 0 Å². The minimum absolute atomic E-state index is 0.181. The van der Waals surface area contributed by atoms with Crippen LogP contribution in [0.25, 0.3) is 0 Å². The van der Waals surface area contributed by atoms with Crippen molar-refractivity contribution in [1.29, 1.82) is 0 Å². The van der Waals surface area contributed by atoms with Crippen molar-refractivity contribution in [3.05, 3.63) is 23.0 Å². The molecule has 0 bridgehead atoms. The van der Waals surface area contributed by atoms with E-state index in [4.69, 9.17) is 0 Å². The highest BCUT2D eigenvalue weighted by molar-refractivity contribution is 5.33. The van der Waals surface area contributed by atoms with Crippen LogP contribution in [-0.4, -0.2) is 35.2 Å². The maximum Gasteiger partial charge on any atom is 0.0812 e. The lowest BCUT2D eigenvalue weighted by atomic mass is 9.75. The van der Waals surface area contributed by atoms with Crippen molar-refractivity contribution >= 4 is 0 Å². The summed E-state index contributed by atoms with van der Waals surface area (Å²) in [5, 5.41) is 10.5. The highest BCUT2D eigenvalue weighted by Crippen LogP contribution is 2.42. The number of aromatic nitrogens is 1. The summed E-state index contributed by atoms with van der Waals surface area (Å²) in [4.78, 5) is 2.25. The smallest absolute Gasteiger partial charge is 0.0812 e. The average molecular weight is 292 g/mol. The first-order valence-corrected chi connectivity index (χ1v) is 8.02. The van der Waals surface area contributed by atoms with Crippen LogP contribution in [0.4, 0.5) is 0 Å². The molecule has 0 aliphatic heterocycles. The van der Waals surface area contributed by atoms with E-state index >= 15 is 0 Å². The number of aryl methyl sites for hydroxylation is 1. The van der Waals surface area contributed by atoms with E-state index in [1.54, 1.807) is 0 Å². The van der Waals surface area contributed by atoms with Crippen LogP contribution in [-0.2, 0) is 13.0 Å². The quantitative estimate of drug-likeness (QED) is 0.921. The molecular formula is C18H32N2O. The van der Waals surface area contributed by atoms with Gasteiger partial charge in [0.2, 0.25) is 0 Å². The van der Waals surface area contributed by atoms with Gasteiger partial charge in [0.05, 0.1) is 6.10 Å². The van der Waals surface area contributed by atoms with Gasteiger partial charge >= 0.3 is 0 Å². The molecule has 1 heterocycles. The molecule has 0 saturated carbocycles. The number of rotatable bonds is 4. The van der Waals surface area contributed by atoms with Crippen molar-refractivity contribution in [3.8, 4) is 0 Å². The van der Waals surface area contributed by atoms with Crippen LogP contribution in [0.3, 0.4) is 0 Å². The topological polar surface area (TPSA) is 28.4 Å². The molecule has 2 rings (SSSR count). The lowest BCUT2D eigenvalue weighted by Crippen LogP contribution is -2.34. The van der Waals surface area contributed by atoms with Gasteiger partial charge in [-0.15, -0.1) is 0 Å². The van der Waals surface area contributed by atoms with Gasteiger partial charge in [0.25, 0.3) is 0 Å². The lowest BCUT2D eigenvalue weighted by molar-refractivity contribution is 0.0966. The Hall–Kier alpha value is -0.800. The van der Waals surface area contributed by atoms with Crippen LogP contribution in [0.2, 0.25) is 0 Å². The molecule has 1 aromatic heterocycles. The van der Waals surface area contributed by atoms with Crippen LogP contribution >= 0.6 is 0 Å². The largest absolute Gasteiger partial charge is 0.388 e. The van der Waals surface area contributed by atoms with E-state index in [9.17, 15) is 5.11 Å². The summed E-state index contributed by atoms with van der Waals surface area (Å²) in [6.45, 7) is 13.4. The third-order valence-corrected chi connectivity index (χ3v) is 4.53. The Bertz CT molecular complexity index is 512. The monoisotopic (exact) mass is 292 g/mol. The van der Waals surface area contributed by atoms with Crippen molar-refractivity contribution < 1.29 is 5.11 Å². The third-order valence-electron chi connectivity index (χ3n) is 4.53. The molecule has 0 amide bonds. The van der Waals surface area contributed by atoms with Crippen molar-refractivity contribution in [3.63, 3.8) is 0 Å². The second-order valence-electron chi connectivity index (χ2n) is 8.74. The second-order valence-corrected chi connectivity index (χ2v) is 8.74. The molecule has 3 heteroatoms. The summed E-state index contributed by atoms with van der Waals surface area (Å²) in [5.41, 5.74) is 4.19. The molecular weight excluding hydrogens is 260 g/mol. The third kappa shape index (κ3) is 3.70. The Kier molecular flexibility index (Phi) is 4.29. The highest BCUT2D eigenvalue weighted by atomic mass is 16.3. The summed E-state index contributed by atoms with van der Waals surface area (Å²) in [6.07, 6.45) is 1.62. The standard InChI is InChI=1S/C18H32N2O/c1-13-8-14-15(9-17(2,3)10-16(14)21)20(13)12-18(4,5)11-19(6)7/h8,16,21H,9-12H2,1-7H3. The minimum atomic E-state index is -0.305. The van der Waals surface area contributed by atoms with Crippen LogP contribution < -0.4 is 0 Å². The number of hydrogen-bond donors (Lipinski definition) is 1. The molecule has 0 saturated heterocycles. The van der Waals surface area contributed by atoms with Gasteiger partial charge < -0.3 is 14.6 Å². The van der Waals surface area contributed by atoms with E-state index in [1.165, 1.54) is 11.4 Å². The molecule has 1 N–H and O–H groups in total. The molecule has 1 aromatic rings. The van der Waals surface area contributed by atoms with Crippen molar-refractivity contribution in [2.75, 3.05) is 20.6 Å². The summed E-state index contributed by atoms with van der Waals surface area (Å²) in [7, 11) is 4.26. The maximum atomic E-state index is 10.5. The molecule has 1 aliphatic rings. The molecule has 1 aliphatic carbocycles. The number of fused-ring (bicyclic) bond motifs is 1. The van der Waals surface area contributed by atoms with Crippen LogP contribution in [0.15, 0.2) is 6.07 Å². The highest BCUT2D eigenvalue weighted by Gasteiger charge is 2.35. The predicted molar refractivity (Wildman–Crippen MR) is 88.6 cm³/mol. The predicted octanol–water partition coefficient (Wildman–Crippen LogP) is 3.39. The minimum Gasteiger partial charge on any atom is -0.388 e. The lowest BCUT2D eigenvalue weighted by Gasteiger charge is -2.36. The Morgan fingerprint density at radius 2 is 2.00 bits per heavy atom. The maximum absolute atomic E-state index is 10.5. The molecule has 3 nitrogen and oxygen atoms in total. The molecule has 0 aromatic carbocycles. The molecule has 1 atom stereocenters. The number of aliphatic hydroxyl groups is 1. The fourth-order valence-electron chi connectivity index (χ4n) is 3.95. The molecule has 1 unspecified atom stereocenters. The summed E-state index contributed by atoms with van der Waals surface area (Å²) in [6, 6.07) is 2.20. The zero-order chi connectivity index (χ0) is 16.0. The molecule has 21 heavy (non-hydrogen) atoms. The van der Waals surface area contributed by atoms with Crippen molar-refractivity contribution in [1.82, 2.24) is 9.47 Å². The van der Waals surface area contributed by atoms with Gasteiger partial charge in [0, 0.05) is 30.0 Å². The molecule has 120 valence electrons. The summed E-state index contributed by atoms with van der Waals surface area (Å²) >= 11 is 0. The zero-order valence-electron chi connectivity index (χ0n) is 14.8. The van der Waals surface area contributed by atoms with E-state index in [0.29, 0.717) is 0 Å². The normalized spacial score (nSPS) is 21.7. The fourth-order valence-corrected chi connectivity index (χ4v) is 3.95. The molecule has 0 spiro atoms. The Morgan fingerprint density at radius 3 is 2.57 bits per heavy atom. The SMILES string of the molecule is Cc1cc2c(n1CC(C)(C)CN(C)C)CC(C)(C)CC2O. The molecule has 0 radical (unpaired) electrons. The van der Waals surface area contributed by atoms with Crippen molar-refractivity contribution in [2.24, 2.45) is 10.8 Å². The van der Waals surface area contributed by atoms with E-state index in [0.717, 1.165) is 31.5 Å². The second kappa shape index (κ2) is 5.44. The Balaban J connectivity index is 2.34. The van der Waals surface area contributed by atoms with E-state index in [2.05, 4.69) is 64.2 Å². The van der Waals surface area contributed by atoms with Gasteiger partial charge in [0.1, 0.15) is 0 Å². The number of aliphatic hydroxyl groups excluding tert-OH is 1. The Labute approximate surface area is 130 Å². The first kappa shape index (κ1) is 16.6. The van der Waals surface area contributed by atoms with Gasteiger partial charge in [-0.05, 0) is 50.8 Å². The fraction of sp³-hybridized carbons (Fsp3) is 0.778. The average Bonchev–Trinajstić information content (AvgIpc) is 2.53. The van der Waals surface area contributed by atoms with E-state index in [1.807, 2.05) is 0 Å². The first-order valence-electron chi connectivity index (χ1n) is 8.02. The van der Waals surface area contributed by atoms with E-state index < -0.39 is 0 Å². The van der Waals surface area contributed by atoms with E-state index in [-0.39, 0.29) is 16.9 Å². The van der Waals surface area contributed by atoms with Crippen molar-refractivity contribution in [2.45, 2.75) is 60.1 Å². The number of nitrogens with zero attached hydrogens (tertiary/aromatic N) is 2. The van der Waals surface area contributed by atoms with Gasteiger partial charge in [-0.2, -0.15) is 0 Å². The van der Waals surface area contributed by atoms with Gasteiger partial charge in [-0.25, -0.2) is 0 Å². The molecule has 0 fully saturated rings. The van der Waals surface area contributed by atoms with Gasteiger partial charge in [0.15, 0.2) is 0 Å². The number of hydrogen-bond acceptors (Lipinski definition) is 2. The zero-order valence-corrected chi connectivity index (χ0v) is 14.8. The van der Waals surface area contributed by atoms with Gasteiger partial charge in [-0.3, -0.25) is 0 Å². The van der Waals surface area contributed by atoms with Crippen LogP contribution in [0.1, 0.15) is 57.2 Å². The first-order chi connectivity index (χ1) is 9.51. The summed E-state index contributed by atoms with van der Waals surface area (Å²) < 4.78 is 2.45. The van der Waals surface area contributed by atoms with Gasteiger partial charge in [-0.1, -0.05) is 27.7 Å². The Morgan fingerprint density at radius 1 is 1.38 bits per heavy atom. The van der Waals surface area contributed by atoms with Crippen LogP contribution in [0, 0.1) is 17.8 Å². The summed E-state index contributed by atoms with van der Waals surface area (Å²) in [5.74, 6) is 0.